The molecule has 34 heavy (non-hydrogen) atoms. The average molecular weight is 480 g/mol. The maximum atomic E-state index is 13.3. The van der Waals surface area contributed by atoms with Crippen molar-refractivity contribution in [3.05, 3.63) is 97.1 Å². The molecule has 0 saturated heterocycles. The second-order valence-electron chi connectivity index (χ2n) is 6.98. The number of para-hydroxylation sites is 1. The number of nitrogens with zero attached hydrogens (tertiary/aromatic N) is 2. The molecule has 0 unspecified atom stereocenters. The first kappa shape index (κ1) is 24.5. The highest BCUT2D eigenvalue weighted by Crippen LogP contribution is 2.24. The number of nitrogens with one attached hydrogen (secondary N) is 1. The van der Waals surface area contributed by atoms with Crippen LogP contribution in [0.2, 0.25) is 0 Å². The minimum absolute atomic E-state index is 0.0345. The van der Waals surface area contributed by atoms with Gasteiger partial charge in [0.15, 0.2) is 0 Å². The molecular formula is C25H25N3O5S. The van der Waals surface area contributed by atoms with E-state index in [2.05, 4.69) is 17.1 Å². The molecule has 0 heterocycles. The number of amides is 1. The lowest BCUT2D eigenvalue weighted by Gasteiger charge is -2.23. The van der Waals surface area contributed by atoms with E-state index < -0.39 is 22.5 Å². The molecule has 3 aromatic rings. The molecule has 3 aromatic carbocycles. The lowest BCUT2D eigenvalue weighted by molar-refractivity contribution is -0.119. The molecule has 176 valence electrons. The Balaban J connectivity index is 1.73. The predicted octanol–water partition coefficient (Wildman–Crippen LogP) is 3.61. The Bertz CT molecular complexity index is 1230. The van der Waals surface area contributed by atoms with E-state index in [9.17, 15) is 13.2 Å². The Labute approximate surface area is 199 Å². The zero-order chi connectivity index (χ0) is 24.4. The summed E-state index contributed by atoms with van der Waals surface area (Å²) in [6.45, 7) is 3.55. The van der Waals surface area contributed by atoms with Gasteiger partial charge >= 0.3 is 0 Å². The summed E-state index contributed by atoms with van der Waals surface area (Å²) in [5.74, 6) is 0.615. The molecule has 0 bridgehead atoms. The number of carbonyl (C=O) groups excluding carboxylic acids is 1. The zero-order valence-electron chi connectivity index (χ0n) is 18.6. The monoisotopic (exact) mass is 479 g/mol. The maximum absolute atomic E-state index is 13.3. The summed E-state index contributed by atoms with van der Waals surface area (Å²) < 4.78 is 38.2. The first-order chi connectivity index (χ1) is 16.4. The zero-order valence-corrected chi connectivity index (χ0v) is 19.4. The average Bonchev–Trinajstić information content (AvgIpc) is 2.87. The molecule has 0 aromatic heterocycles. The van der Waals surface area contributed by atoms with Gasteiger partial charge in [0.05, 0.1) is 23.9 Å². The summed E-state index contributed by atoms with van der Waals surface area (Å²) >= 11 is 0. The molecule has 9 heteroatoms. The minimum atomic E-state index is -4.02. The number of hydrazone groups is 1. The molecule has 0 atom stereocenters. The second-order valence-corrected chi connectivity index (χ2v) is 8.85. The van der Waals surface area contributed by atoms with Gasteiger partial charge in [0, 0.05) is 0 Å². The first-order valence-electron chi connectivity index (χ1n) is 10.3. The lowest BCUT2D eigenvalue weighted by atomic mass is 10.2. The van der Waals surface area contributed by atoms with Crippen molar-refractivity contribution < 1.29 is 22.7 Å². The Morgan fingerprint density at radius 3 is 2.26 bits per heavy atom. The molecule has 0 spiro atoms. The number of methoxy groups -OCH3 is 1. The van der Waals surface area contributed by atoms with Gasteiger partial charge in [0.25, 0.3) is 15.9 Å². The van der Waals surface area contributed by atoms with Crippen LogP contribution in [0.1, 0.15) is 5.56 Å². The van der Waals surface area contributed by atoms with Gasteiger partial charge in [-0.1, -0.05) is 30.9 Å². The van der Waals surface area contributed by atoms with Crippen LogP contribution in [-0.4, -0.2) is 40.8 Å². The number of carbonyl (C=O) groups is 1. The number of anilines is 1. The molecule has 1 amide bonds. The highest BCUT2D eigenvalue weighted by molar-refractivity contribution is 7.92. The third kappa shape index (κ3) is 6.46. The van der Waals surface area contributed by atoms with Gasteiger partial charge in [-0.25, -0.2) is 13.8 Å². The third-order valence-electron chi connectivity index (χ3n) is 4.63. The highest BCUT2D eigenvalue weighted by Gasteiger charge is 2.27. The van der Waals surface area contributed by atoms with Crippen LogP contribution in [0, 0.1) is 0 Å². The van der Waals surface area contributed by atoms with Crippen LogP contribution in [0.3, 0.4) is 0 Å². The number of sulfonamides is 1. The van der Waals surface area contributed by atoms with E-state index in [1.807, 2.05) is 0 Å². The Hall–Kier alpha value is -4.11. The molecule has 0 aliphatic rings. The smallest absolute Gasteiger partial charge is 0.264 e. The second kappa shape index (κ2) is 11.7. The van der Waals surface area contributed by atoms with E-state index in [1.165, 1.54) is 25.5 Å². The minimum Gasteiger partial charge on any atom is -0.497 e. The van der Waals surface area contributed by atoms with Crippen molar-refractivity contribution in [1.29, 1.82) is 0 Å². The Kier molecular flexibility index (Phi) is 8.42. The SMILES string of the molecule is C=CCOc1ccc(/C=N\NC(=O)CN(c2ccccc2)S(=O)(=O)c2ccc(OC)cc2)cc1. The van der Waals surface area contributed by atoms with Gasteiger partial charge in [-0.15, -0.1) is 0 Å². The molecular weight excluding hydrogens is 454 g/mol. The van der Waals surface area contributed by atoms with E-state index in [1.54, 1.807) is 72.8 Å². The summed E-state index contributed by atoms with van der Waals surface area (Å²) in [5, 5.41) is 3.94. The molecule has 8 nitrogen and oxygen atoms in total. The van der Waals surface area contributed by atoms with Crippen molar-refractivity contribution in [3.8, 4) is 11.5 Å². The number of rotatable bonds is 11. The summed E-state index contributed by atoms with van der Waals surface area (Å²) in [6.07, 6.45) is 3.11. The molecule has 0 fully saturated rings. The summed E-state index contributed by atoms with van der Waals surface area (Å²) in [5.41, 5.74) is 3.47. The van der Waals surface area contributed by atoms with Crippen molar-refractivity contribution in [2.24, 2.45) is 5.10 Å². The van der Waals surface area contributed by atoms with Crippen LogP contribution < -0.4 is 19.2 Å². The van der Waals surface area contributed by atoms with Crippen molar-refractivity contribution in [2.75, 3.05) is 24.6 Å². The van der Waals surface area contributed by atoms with Crippen LogP contribution in [-0.2, 0) is 14.8 Å². The topological polar surface area (TPSA) is 97.3 Å². The maximum Gasteiger partial charge on any atom is 0.264 e. The van der Waals surface area contributed by atoms with E-state index in [4.69, 9.17) is 9.47 Å². The normalized spacial score (nSPS) is 11.1. The number of hydrogen-bond acceptors (Lipinski definition) is 6. The fourth-order valence-corrected chi connectivity index (χ4v) is 4.36. The molecule has 0 saturated carbocycles. The first-order valence-corrected chi connectivity index (χ1v) is 11.8. The third-order valence-corrected chi connectivity index (χ3v) is 6.42. The van der Waals surface area contributed by atoms with Crippen molar-refractivity contribution in [2.45, 2.75) is 4.90 Å². The Morgan fingerprint density at radius 2 is 1.65 bits per heavy atom. The number of ether oxygens (including phenoxy) is 2. The molecule has 0 radical (unpaired) electrons. The van der Waals surface area contributed by atoms with Gasteiger partial charge in [0.2, 0.25) is 0 Å². The van der Waals surface area contributed by atoms with Gasteiger partial charge in [-0.2, -0.15) is 5.10 Å². The number of hydrogen-bond donors (Lipinski definition) is 1. The van der Waals surface area contributed by atoms with E-state index in [-0.39, 0.29) is 4.90 Å². The van der Waals surface area contributed by atoms with Crippen LogP contribution in [0.4, 0.5) is 5.69 Å². The summed E-state index contributed by atoms with van der Waals surface area (Å²) in [6, 6.07) is 21.5. The van der Waals surface area contributed by atoms with Gasteiger partial charge < -0.3 is 9.47 Å². The van der Waals surface area contributed by atoms with Crippen molar-refractivity contribution >= 4 is 27.8 Å². The van der Waals surface area contributed by atoms with Crippen LogP contribution in [0.25, 0.3) is 0 Å². The highest BCUT2D eigenvalue weighted by atomic mass is 32.2. The molecule has 0 aliphatic carbocycles. The summed E-state index contributed by atoms with van der Waals surface area (Å²) in [7, 11) is -2.52. The van der Waals surface area contributed by atoms with Crippen molar-refractivity contribution in [1.82, 2.24) is 5.43 Å². The van der Waals surface area contributed by atoms with E-state index >= 15 is 0 Å². The fourth-order valence-electron chi connectivity index (χ4n) is 2.93. The van der Waals surface area contributed by atoms with Gasteiger partial charge in [-0.3, -0.25) is 9.10 Å². The fraction of sp³-hybridized carbons (Fsp3) is 0.120. The largest absolute Gasteiger partial charge is 0.497 e. The summed E-state index contributed by atoms with van der Waals surface area (Å²) in [4.78, 5) is 12.6. The van der Waals surface area contributed by atoms with E-state index in [0.717, 1.165) is 9.87 Å². The predicted molar refractivity (Wildman–Crippen MR) is 132 cm³/mol. The van der Waals surface area contributed by atoms with Gasteiger partial charge in [-0.05, 0) is 66.2 Å². The quantitative estimate of drug-likeness (QED) is 0.257. The van der Waals surface area contributed by atoms with Crippen LogP contribution >= 0.6 is 0 Å². The lowest BCUT2D eigenvalue weighted by Crippen LogP contribution is -2.39. The molecule has 1 N–H and O–H groups in total. The van der Waals surface area contributed by atoms with Crippen LogP contribution in [0.5, 0.6) is 11.5 Å². The standard InChI is InChI=1S/C25H25N3O5S/c1-3-17-33-23-11-9-20(10-12-23)18-26-27-25(29)19-28(21-7-5-4-6-8-21)34(30,31)24-15-13-22(32-2)14-16-24/h3-16,18H,1,17,19H2,2H3,(H,27,29)/b26-18-. The van der Waals surface area contributed by atoms with E-state index in [0.29, 0.717) is 23.8 Å². The van der Waals surface area contributed by atoms with Crippen LogP contribution in [0.15, 0.2) is 102 Å². The molecule has 0 aliphatic heterocycles. The van der Waals surface area contributed by atoms with Crippen molar-refractivity contribution in [3.63, 3.8) is 0 Å². The Morgan fingerprint density at radius 1 is 1.00 bits per heavy atom. The van der Waals surface area contributed by atoms with Gasteiger partial charge in [0.1, 0.15) is 24.7 Å². The molecule has 3 rings (SSSR count). The number of benzene rings is 3.